The minimum atomic E-state index is -0.453. The molecule has 1 amide bonds. The van der Waals surface area contributed by atoms with E-state index in [1.165, 1.54) is 4.90 Å². The summed E-state index contributed by atoms with van der Waals surface area (Å²) < 4.78 is 5.24. The largest absolute Gasteiger partial charge is 0.444 e. The van der Waals surface area contributed by atoms with Crippen LogP contribution in [0.4, 0.5) is 4.79 Å². The second-order valence-corrected chi connectivity index (χ2v) is 4.72. The molecule has 0 aliphatic carbocycles. The SMILES string of the molecule is CN(Cc1[c]cccc1)C(=O)OC(C)(C)C. The van der Waals surface area contributed by atoms with Gasteiger partial charge in [0.2, 0.25) is 0 Å². The Kier molecular flexibility index (Phi) is 3.93. The highest BCUT2D eigenvalue weighted by Crippen LogP contribution is 2.10. The second kappa shape index (κ2) is 5.01. The van der Waals surface area contributed by atoms with Crippen LogP contribution in [0, 0.1) is 6.07 Å². The molecule has 1 aromatic carbocycles. The Hall–Kier alpha value is -1.51. The number of rotatable bonds is 2. The Labute approximate surface area is 97.0 Å². The van der Waals surface area contributed by atoms with Gasteiger partial charge in [0, 0.05) is 13.6 Å². The van der Waals surface area contributed by atoms with Crippen molar-refractivity contribution in [2.24, 2.45) is 0 Å². The number of benzene rings is 1. The van der Waals surface area contributed by atoms with E-state index in [-0.39, 0.29) is 6.09 Å². The average molecular weight is 220 g/mol. The van der Waals surface area contributed by atoms with Gasteiger partial charge in [-0.1, -0.05) is 24.3 Å². The number of nitrogens with zero attached hydrogens (tertiary/aromatic N) is 1. The normalized spacial score (nSPS) is 11.0. The van der Waals surface area contributed by atoms with Gasteiger partial charge < -0.3 is 9.64 Å². The van der Waals surface area contributed by atoms with Crippen molar-refractivity contribution in [1.82, 2.24) is 4.90 Å². The van der Waals surface area contributed by atoms with Gasteiger partial charge in [-0.05, 0) is 32.4 Å². The van der Waals surface area contributed by atoms with Crippen LogP contribution in [-0.2, 0) is 11.3 Å². The zero-order valence-electron chi connectivity index (χ0n) is 10.3. The maximum absolute atomic E-state index is 11.7. The Morgan fingerprint density at radius 3 is 2.62 bits per heavy atom. The lowest BCUT2D eigenvalue weighted by Gasteiger charge is -2.24. The van der Waals surface area contributed by atoms with Crippen LogP contribution >= 0.6 is 0 Å². The van der Waals surface area contributed by atoms with E-state index < -0.39 is 5.60 Å². The van der Waals surface area contributed by atoms with Crippen molar-refractivity contribution in [3.05, 3.63) is 35.9 Å². The molecule has 3 heteroatoms. The number of hydrogen-bond donors (Lipinski definition) is 0. The van der Waals surface area contributed by atoms with Crippen LogP contribution in [0.25, 0.3) is 0 Å². The molecular formula is C13H18NO2. The second-order valence-electron chi connectivity index (χ2n) is 4.72. The lowest BCUT2D eigenvalue weighted by atomic mass is 10.2. The fourth-order valence-electron chi connectivity index (χ4n) is 1.19. The molecule has 0 heterocycles. The predicted molar refractivity (Wildman–Crippen MR) is 63.0 cm³/mol. The third-order valence-electron chi connectivity index (χ3n) is 1.89. The summed E-state index contributed by atoms with van der Waals surface area (Å²) in [7, 11) is 1.72. The quantitative estimate of drug-likeness (QED) is 0.767. The Bertz CT molecular complexity index is 341. The smallest absolute Gasteiger partial charge is 0.410 e. The molecule has 0 unspecified atom stereocenters. The summed E-state index contributed by atoms with van der Waals surface area (Å²) in [6, 6.07) is 10.7. The first-order chi connectivity index (χ1) is 7.38. The van der Waals surface area contributed by atoms with Crippen LogP contribution in [0.5, 0.6) is 0 Å². The average Bonchev–Trinajstić information content (AvgIpc) is 2.16. The summed E-state index contributed by atoms with van der Waals surface area (Å²) in [6.07, 6.45) is -0.315. The highest BCUT2D eigenvalue weighted by atomic mass is 16.6. The van der Waals surface area contributed by atoms with Crippen LogP contribution in [0.3, 0.4) is 0 Å². The third kappa shape index (κ3) is 4.34. The number of hydrogen-bond acceptors (Lipinski definition) is 2. The van der Waals surface area contributed by atoms with E-state index in [9.17, 15) is 4.79 Å². The number of carbonyl (C=O) groups excluding carboxylic acids is 1. The van der Waals surface area contributed by atoms with Crippen LogP contribution in [0.2, 0.25) is 0 Å². The Morgan fingerprint density at radius 2 is 2.12 bits per heavy atom. The minimum Gasteiger partial charge on any atom is -0.444 e. The van der Waals surface area contributed by atoms with Crippen molar-refractivity contribution in [2.75, 3.05) is 7.05 Å². The number of amides is 1. The van der Waals surface area contributed by atoms with Gasteiger partial charge in [0.05, 0.1) is 0 Å². The van der Waals surface area contributed by atoms with Crippen LogP contribution in [0.1, 0.15) is 26.3 Å². The monoisotopic (exact) mass is 220 g/mol. The van der Waals surface area contributed by atoms with E-state index in [1.807, 2.05) is 45.0 Å². The zero-order chi connectivity index (χ0) is 12.2. The first kappa shape index (κ1) is 12.6. The molecule has 16 heavy (non-hydrogen) atoms. The van der Waals surface area contributed by atoms with Gasteiger partial charge in [0.25, 0.3) is 0 Å². The standard InChI is InChI=1S/C13H18NO2/c1-13(2,3)16-12(15)14(4)10-11-8-6-5-7-9-11/h5-8H,10H2,1-4H3. The summed E-state index contributed by atoms with van der Waals surface area (Å²) in [5.41, 5.74) is 0.516. The molecule has 0 atom stereocenters. The summed E-state index contributed by atoms with van der Waals surface area (Å²) in [4.78, 5) is 13.2. The molecule has 1 radical (unpaired) electrons. The summed E-state index contributed by atoms with van der Waals surface area (Å²) in [5.74, 6) is 0. The molecule has 0 aromatic heterocycles. The zero-order valence-corrected chi connectivity index (χ0v) is 10.3. The lowest BCUT2D eigenvalue weighted by molar-refractivity contribution is 0.0285. The molecule has 0 aliphatic heterocycles. The Morgan fingerprint density at radius 1 is 1.44 bits per heavy atom. The van der Waals surface area contributed by atoms with Gasteiger partial charge in [0.15, 0.2) is 0 Å². The van der Waals surface area contributed by atoms with E-state index in [1.54, 1.807) is 7.05 Å². The molecule has 0 spiro atoms. The van der Waals surface area contributed by atoms with Crippen molar-refractivity contribution in [2.45, 2.75) is 32.9 Å². The molecule has 0 saturated heterocycles. The van der Waals surface area contributed by atoms with Gasteiger partial charge in [-0.25, -0.2) is 4.79 Å². The van der Waals surface area contributed by atoms with Crippen LogP contribution in [0.15, 0.2) is 24.3 Å². The Balaban J connectivity index is 2.53. The van der Waals surface area contributed by atoms with Crippen molar-refractivity contribution >= 4 is 6.09 Å². The number of ether oxygens (including phenoxy) is 1. The maximum Gasteiger partial charge on any atom is 0.410 e. The topological polar surface area (TPSA) is 29.5 Å². The maximum atomic E-state index is 11.7. The fourth-order valence-corrected chi connectivity index (χ4v) is 1.19. The number of carbonyl (C=O) groups is 1. The van der Waals surface area contributed by atoms with Crippen molar-refractivity contribution < 1.29 is 9.53 Å². The molecule has 0 N–H and O–H groups in total. The van der Waals surface area contributed by atoms with Gasteiger partial charge in [-0.3, -0.25) is 0 Å². The van der Waals surface area contributed by atoms with E-state index in [0.717, 1.165) is 5.56 Å². The third-order valence-corrected chi connectivity index (χ3v) is 1.89. The fraction of sp³-hybridized carbons (Fsp3) is 0.462. The highest BCUT2D eigenvalue weighted by molar-refractivity contribution is 5.67. The van der Waals surface area contributed by atoms with Crippen molar-refractivity contribution in [1.29, 1.82) is 0 Å². The molecule has 87 valence electrons. The van der Waals surface area contributed by atoms with E-state index in [2.05, 4.69) is 6.07 Å². The summed E-state index contributed by atoms with van der Waals surface area (Å²) in [6.45, 7) is 6.07. The molecule has 3 nitrogen and oxygen atoms in total. The molecule has 0 saturated carbocycles. The molecule has 0 aliphatic rings. The van der Waals surface area contributed by atoms with Gasteiger partial charge in [-0.2, -0.15) is 0 Å². The predicted octanol–water partition coefficient (Wildman–Crippen LogP) is 2.85. The minimum absolute atomic E-state index is 0.315. The first-order valence-electron chi connectivity index (χ1n) is 5.28. The molecule has 0 bridgehead atoms. The summed E-state index contributed by atoms with van der Waals surface area (Å²) in [5, 5.41) is 0. The van der Waals surface area contributed by atoms with Crippen LogP contribution < -0.4 is 0 Å². The highest BCUT2D eigenvalue weighted by Gasteiger charge is 2.19. The molecular weight excluding hydrogens is 202 g/mol. The van der Waals surface area contributed by atoms with Gasteiger partial charge >= 0.3 is 6.09 Å². The molecule has 1 rings (SSSR count). The van der Waals surface area contributed by atoms with Crippen LogP contribution in [-0.4, -0.2) is 23.6 Å². The lowest BCUT2D eigenvalue weighted by Crippen LogP contribution is -2.33. The summed E-state index contributed by atoms with van der Waals surface area (Å²) >= 11 is 0. The van der Waals surface area contributed by atoms with E-state index in [4.69, 9.17) is 4.74 Å². The van der Waals surface area contributed by atoms with Crippen molar-refractivity contribution in [3.8, 4) is 0 Å². The molecule has 1 aromatic rings. The van der Waals surface area contributed by atoms with Gasteiger partial charge in [-0.15, -0.1) is 0 Å². The first-order valence-corrected chi connectivity index (χ1v) is 5.28. The van der Waals surface area contributed by atoms with E-state index >= 15 is 0 Å². The van der Waals surface area contributed by atoms with Crippen molar-refractivity contribution in [3.63, 3.8) is 0 Å². The molecule has 0 fully saturated rings. The van der Waals surface area contributed by atoms with E-state index in [0.29, 0.717) is 6.54 Å². The van der Waals surface area contributed by atoms with Gasteiger partial charge in [0.1, 0.15) is 5.60 Å².